The van der Waals surface area contributed by atoms with Gasteiger partial charge in [0.25, 0.3) is 5.91 Å². The van der Waals surface area contributed by atoms with Crippen LogP contribution in [0, 0.1) is 0 Å². The topological polar surface area (TPSA) is 50.8 Å². The average molecular weight is 363 g/mol. The second-order valence-corrected chi connectivity index (χ2v) is 6.21. The highest BCUT2D eigenvalue weighted by Gasteiger charge is 2.15. The van der Waals surface area contributed by atoms with Gasteiger partial charge in [-0.3, -0.25) is 4.79 Å². The van der Waals surface area contributed by atoms with Gasteiger partial charge in [-0.05, 0) is 43.9 Å². The van der Waals surface area contributed by atoms with Crippen molar-refractivity contribution in [2.24, 2.45) is 0 Å². The predicted molar refractivity (Wildman–Crippen MR) is 99.4 cm³/mol. The molecule has 1 N–H and O–H groups in total. The van der Waals surface area contributed by atoms with Gasteiger partial charge in [-0.25, -0.2) is 0 Å². The van der Waals surface area contributed by atoms with Crippen LogP contribution in [-0.2, 0) is 4.79 Å². The van der Waals surface area contributed by atoms with Crippen LogP contribution in [-0.4, -0.2) is 45.2 Å². The van der Waals surface area contributed by atoms with E-state index in [0.29, 0.717) is 23.1 Å². The van der Waals surface area contributed by atoms with Crippen LogP contribution in [0.3, 0.4) is 0 Å². The summed E-state index contributed by atoms with van der Waals surface area (Å²) in [4.78, 5) is 14.2. The first-order valence-electron chi connectivity index (χ1n) is 7.95. The maximum atomic E-state index is 12.1. The summed E-state index contributed by atoms with van der Waals surface area (Å²) in [5, 5.41) is 3.60. The van der Waals surface area contributed by atoms with E-state index in [1.165, 1.54) is 0 Å². The molecule has 0 heterocycles. The smallest absolute Gasteiger partial charge is 0.258 e. The van der Waals surface area contributed by atoms with Crippen LogP contribution in [0.4, 0.5) is 0 Å². The Hall–Kier alpha value is -2.24. The predicted octanol–water partition coefficient (Wildman–Crippen LogP) is 3.15. The van der Waals surface area contributed by atoms with Gasteiger partial charge in [-0.2, -0.15) is 0 Å². The molecule has 2 aromatic rings. The average Bonchev–Trinajstić information content (AvgIpc) is 2.61. The van der Waals surface area contributed by atoms with Crippen LogP contribution in [0.25, 0.3) is 0 Å². The van der Waals surface area contributed by atoms with Crippen LogP contribution in [0.1, 0.15) is 11.6 Å². The Morgan fingerprint density at radius 3 is 2.36 bits per heavy atom. The number of likely N-dealkylation sites (N-methyl/N-ethyl adjacent to an activating group) is 1. The molecule has 1 unspecified atom stereocenters. The summed E-state index contributed by atoms with van der Waals surface area (Å²) < 4.78 is 10.7. The minimum absolute atomic E-state index is 0.0486. The number of halogens is 1. The molecule has 0 aliphatic heterocycles. The van der Waals surface area contributed by atoms with Crippen LogP contribution < -0.4 is 14.8 Å². The zero-order valence-electron chi connectivity index (χ0n) is 14.7. The first-order chi connectivity index (χ1) is 12.0. The standard InChI is InChI=1S/C19H23ClN2O3/c1-22(2)16(14-8-10-15(20)11-9-14)12-21-19(23)13-25-18-7-5-4-6-17(18)24-3/h4-11,16H,12-13H2,1-3H3,(H,21,23). The molecule has 2 aromatic carbocycles. The van der Waals surface area contributed by atoms with Crippen molar-refractivity contribution in [1.82, 2.24) is 10.2 Å². The Labute approximate surface area is 153 Å². The summed E-state index contributed by atoms with van der Waals surface area (Å²) in [6.07, 6.45) is 0. The van der Waals surface area contributed by atoms with E-state index >= 15 is 0 Å². The number of methoxy groups -OCH3 is 1. The van der Waals surface area contributed by atoms with Crippen LogP contribution >= 0.6 is 11.6 Å². The molecule has 0 spiro atoms. The summed E-state index contributed by atoms with van der Waals surface area (Å²) in [6, 6.07) is 14.9. The fourth-order valence-electron chi connectivity index (χ4n) is 2.43. The lowest BCUT2D eigenvalue weighted by molar-refractivity contribution is -0.123. The second kappa shape index (κ2) is 9.30. The van der Waals surface area contributed by atoms with Gasteiger partial charge in [-0.15, -0.1) is 0 Å². The molecular formula is C19H23ClN2O3. The zero-order chi connectivity index (χ0) is 18.2. The number of carbonyl (C=O) groups excluding carboxylic acids is 1. The summed E-state index contributed by atoms with van der Waals surface area (Å²) in [5.41, 5.74) is 1.08. The maximum absolute atomic E-state index is 12.1. The fourth-order valence-corrected chi connectivity index (χ4v) is 2.55. The lowest BCUT2D eigenvalue weighted by atomic mass is 10.1. The molecule has 0 aliphatic rings. The van der Waals surface area contributed by atoms with Crippen molar-refractivity contribution in [2.75, 3.05) is 34.4 Å². The number of hydrogen-bond donors (Lipinski definition) is 1. The lowest BCUT2D eigenvalue weighted by Gasteiger charge is -2.25. The van der Waals surface area contributed by atoms with Gasteiger partial charge in [-0.1, -0.05) is 35.9 Å². The van der Waals surface area contributed by atoms with Crippen molar-refractivity contribution in [3.63, 3.8) is 0 Å². The summed E-state index contributed by atoms with van der Waals surface area (Å²) in [5.74, 6) is 0.955. The Morgan fingerprint density at radius 1 is 1.12 bits per heavy atom. The molecule has 134 valence electrons. The van der Waals surface area contributed by atoms with E-state index in [1.54, 1.807) is 19.2 Å². The number of amides is 1. The Morgan fingerprint density at radius 2 is 1.76 bits per heavy atom. The number of ether oxygens (including phenoxy) is 2. The van der Waals surface area contributed by atoms with Crippen molar-refractivity contribution in [1.29, 1.82) is 0 Å². The van der Waals surface area contributed by atoms with Crippen molar-refractivity contribution in [3.05, 3.63) is 59.1 Å². The third-order valence-corrected chi connectivity index (χ3v) is 4.05. The quantitative estimate of drug-likeness (QED) is 0.783. The van der Waals surface area contributed by atoms with Crippen LogP contribution in [0.5, 0.6) is 11.5 Å². The highest BCUT2D eigenvalue weighted by Crippen LogP contribution is 2.25. The monoisotopic (exact) mass is 362 g/mol. The molecule has 25 heavy (non-hydrogen) atoms. The van der Waals surface area contributed by atoms with Gasteiger partial charge >= 0.3 is 0 Å². The van der Waals surface area contributed by atoms with Crippen molar-refractivity contribution >= 4 is 17.5 Å². The summed E-state index contributed by atoms with van der Waals surface area (Å²) >= 11 is 5.94. The number of benzene rings is 2. The maximum Gasteiger partial charge on any atom is 0.258 e. The first kappa shape index (κ1) is 19.1. The summed E-state index contributed by atoms with van der Waals surface area (Å²) in [6.45, 7) is 0.407. The van der Waals surface area contributed by atoms with E-state index in [0.717, 1.165) is 5.56 Å². The number of nitrogens with zero attached hydrogens (tertiary/aromatic N) is 1. The molecule has 2 rings (SSSR count). The highest BCUT2D eigenvalue weighted by atomic mass is 35.5. The highest BCUT2D eigenvalue weighted by molar-refractivity contribution is 6.30. The Bertz CT molecular complexity index is 689. The Balaban J connectivity index is 1.89. The minimum atomic E-state index is -0.188. The molecule has 0 aromatic heterocycles. The Kier molecular flexibility index (Phi) is 7.10. The van der Waals surface area contributed by atoms with Crippen molar-refractivity contribution in [2.45, 2.75) is 6.04 Å². The molecule has 5 nitrogen and oxygen atoms in total. The molecule has 0 bridgehead atoms. The largest absolute Gasteiger partial charge is 0.493 e. The number of para-hydroxylation sites is 2. The van der Waals surface area contributed by atoms with Gasteiger partial charge in [0.15, 0.2) is 18.1 Å². The number of rotatable bonds is 8. The normalized spacial score (nSPS) is 11.9. The molecule has 0 radical (unpaired) electrons. The van der Waals surface area contributed by atoms with Gasteiger partial charge in [0.05, 0.1) is 13.2 Å². The number of hydrogen-bond acceptors (Lipinski definition) is 4. The molecule has 1 amide bonds. The molecule has 6 heteroatoms. The minimum Gasteiger partial charge on any atom is -0.493 e. The first-order valence-corrected chi connectivity index (χ1v) is 8.33. The van der Waals surface area contributed by atoms with Gasteiger partial charge in [0, 0.05) is 11.6 Å². The molecule has 0 saturated carbocycles. The summed E-state index contributed by atoms with van der Waals surface area (Å²) in [7, 11) is 5.50. The molecule has 0 aliphatic carbocycles. The van der Waals surface area contributed by atoms with Crippen LogP contribution in [0.15, 0.2) is 48.5 Å². The molecule has 1 atom stereocenters. The third kappa shape index (κ3) is 5.66. The van der Waals surface area contributed by atoms with Gasteiger partial charge in [0.1, 0.15) is 0 Å². The van der Waals surface area contributed by atoms with Crippen LogP contribution in [0.2, 0.25) is 5.02 Å². The van der Waals surface area contributed by atoms with E-state index in [2.05, 4.69) is 5.32 Å². The van der Waals surface area contributed by atoms with E-state index in [-0.39, 0.29) is 18.6 Å². The van der Waals surface area contributed by atoms with E-state index in [1.807, 2.05) is 55.4 Å². The SMILES string of the molecule is COc1ccccc1OCC(=O)NCC(c1ccc(Cl)cc1)N(C)C. The van der Waals surface area contributed by atoms with E-state index in [4.69, 9.17) is 21.1 Å². The molecule has 0 saturated heterocycles. The molecule has 0 fully saturated rings. The van der Waals surface area contributed by atoms with Gasteiger partial charge < -0.3 is 19.7 Å². The second-order valence-electron chi connectivity index (χ2n) is 5.77. The zero-order valence-corrected chi connectivity index (χ0v) is 15.4. The lowest BCUT2D eigenvalue weighted by Crippen LogP contribution is -2.36. The van der Waals surface area contributed by atoms with Crippen molar-refractivity contribution in [3.8, 4) is 11.5 Å². The van der Waals surface area contributed by atoms with E-state index < -0.39 is 0 Å². The fraction of sp³-hybridized carbons (Fsp3) is 0.316. The molecular weight excluding hydrogens is 340 g/mol. The number of nitrogens with one attached hydrogen (secondary N) is 1. The van der Waals surface area contributed by atoms with E-state index in [9.17, 15) is 4.79 Å². The van der Waals surface area contributed by atoms with Crippen molar-refractivity contribution < 1.29 is 14.3 Å². The number of carbonyl (C=O) groups is 1. The third-order valence-electron chi connectivity index (χ3n) is 3.80. The van der Waals surface area contributed by atoms with Gasteiger partial charge in [0.2, 0.25) is 0 Å².